The number of aryl methyl sites for hydroxylation is 1. The highest BCUT2D eigenvalue weighted by molar-refractivity contribution is 9.10. The Balaban J connectivity index is 2.16. The molecule has 0 atom stereocenters. The van der Waals surface area contributed by atoms with E-state index in [0.717, 1.165) is 15.6 Å². The van der Waals surface area contributed by atoms with Gasteiger partial charge in [-0.3, -0.25) is 0 Å². The topological polar surface area (TPSA) is 48.1 Å². The van der Waals surface area contributed by atoms with E-state index in [-0.39, 0.29) is 0 Å². The van der Waals surface area contributed by atoms with E-state index in [2.05, 4.69) is 20.9 Å². The third-order valence-corrected chi connectivity index (χ3v) is 3.21. The highest BCUT2D eigenvalue weighted by atomic mass is 79.9. The summed E-state index contributed by atoms with van der Waals surface area (Å²) in [4.78, 5) is 4.17. The zero-order chi connectivity index (χ0) is 12.3. The van der Waals surface area contributed by atoms with Gasteiger partial charge >= 0.3 is 0 Å². The molecule has 4 heteroatoms. The minimum atomic E-state index is 0.408. The Kier molecular flexibility index (Phi) is 3.64. The van der Waals surface area contributed by atoms with Crippen molar-refractivity contribution in [1.29, 1.82) is 0 Å². The Morgan fingerprint density at radius 2 is 2.12 bits per heavy atom. The highest BCUT2D eigenvalue weighted by Crippen LogP contribution is 2.24. The van der Waals surface area contributed by atoms with E-state index in [1.54, 1.807) is 6.20 Å². The first kappa shape index (κ1) is 11.9. The van der Waals surface area contributed by atoms with Gasteiger partial charge in [0.15, 0.2) is 0 Å². The average Bonchev–Trinajstić information content (AvgIpc) is 2.30. The number of nitrogen functional groups attached to an aromatic ring is 1. The Bertz CT molecular complexity index is 508. The van der Waals surface area contributed by atoms with Crippen LogP contribution in [0.25, 0.3) is 0 Å². The summed E-state index contributed by atoms with van der Waals surface area (Å²) < 4.78 is 6.61. The largest absolute Gasteiger partial charge is 0.472 e. The molecule has 0 unspecified atom stereocenters. The number of nitrogens with two attached hydrogens (primary N) is 1. The van der Waals surface area contributed by atoms with Crippen molar-refractivity contribution in [3.05, 3.63) is 52.1 Å². The van der Waals surface area contributed by atoms with Gasteiger partial charge < -0.3 is 10.5 Å². The third-order valence-electron chi connectivity index (χ3n) is 2.47. The second kappa shape index (κ2) is 5.19. The molecule has 0 aliphatic heterocycles. The van der Waals surface area contributed by atoms with Gasteiger partial charge in [-0.25, -0.2) is 4.98 Å². The van der Waals surface area contributed by atoms with Crippen molar-refractivity contribution >= 4 is 21.6 Å². The predicted octanol–water partition coefficient (Wildman–Crippen LogP) is 3.31. The molecule has 0 amide bonds. The van der Waals surface area contributed by atoms with Crippen molar-refractivity contribution in [2.75, 3.05) is 5.73 Å². The minimum Gasteiger partial charge on any atom is -0.472 e. The van der Waals surface area contributed by atoms with Crippen molar-refractivity contribution in [1.82, 2.24) is 4.98 Å². The van der Waals surface area contributed by atoms with E-state index in [4.69, 9.17) is 10.5 Å². The molecule has 0 bridgehead atoms. The lowest BCUT2D eigenvalue weighted by Crippen LogP contribution is -2.03. The zero-order valence-electron chi connectivity index (χ0n) is 9.48. The molecule has 0 saturated heterocycles. The van der Waals surface area contributed by atoms with Gasteiger partial charge in [-0.1, -0.05) is 28.1 Å². The Labute approximate surface area is 109 Å². The Morgan fingerprint density at radius 1 is 1.29 bits per heavy atom. The first-order chi connectivity index (χ1) is 8.18. The monoisotopic (exact) mass is 292 g/mol. The van der Waals surface area contributed by atoms with Gasteiger partial charge in [0, 0.05) is 27.5 Å². The lowest BCUT2D eigenvalue weighted by atomic mass is 10.2. The maximum Gasteiger partial charge on any atom is 0.216 e. The van der Waals surface area contributed by atoms with Crippen molar-refractivity contribution < 1.29 is 4.74 Å². The quantitative estimate of drug-likeness (QED) is 0.883. The summed E-state index contributed by atoms with van der Waals surface area (Å²) in [5, 5.41) is 0. The molecule has 0 radical (unpaired) electrons. The normalized spacial score (nSPS) is 10.2. The zero-order valence-corrected chi connectivity index (χ0v) is 11.1. The molecule has 1 aromatic carbocycles. The number of benzene rings is 1. The van der Waals surface area contributed by atoms with Crippen LogP contribution in [-0.2, 0) is 6.61 Å². The molecule has 0 aliphatic rings. The maximum absolute atomic E-state index is 5.89. The van der Waals surface area contributed by atoms with Crippen LogP contribution in [0.15, 0.2) is 41.0 Å². The molecule has 0 saturated carbocycles. The van der Waals surface area contributed by atoms with Gasteiger partial charge in [0.05, 0.1) is 0 Å². The minimum absolute atomic E-state index is 0.408. The lowest BCUT2D eigenvalue weighted by Gasteiger charge is -2.10. The second-order valence-electron chi connectivity index (χ2n) is 3.72. The summed E-state index contributed by atoms with van der Waals surface area (Å²) in [6.07, 6.45) is 1.71. The molecule has 0 aliphatic carbocycles. The van der Waals surface area contributed by atoms with Crippen molar-refractivity contribution in [3.8, 4) is 5.88 Å². The van der Waals surface area contributed by atoms with Crippen LogP contribution in [0.2, 0.25) is 0 Å². The first-order valence-electron chi connectivity index (χ1n) is 5.26. The fraction of sp³-hybridized carbons (Fsp3) is 0.154. The number of nitrogens with zero attached hydrogens (tertiary/aromatic N) is 1. The van der Waals surface area contributed by atoms with Crippen LogP contribution in [-0.4, -0.2) is 4.98 Å². The molecule has 0 spiro atoms. The van der Waals surface area contributed by atoms with E-state index in [0.29, 0.717) is 18.2 Å². The summed E-state index contributed by atoms with van der Waals surface area (Å²) in [5.74, 6) is 0.641. The fourth-order valence-corrected chi connectivity index (χ4v) is 1.99. The molecule has 88 valence electrons. The molecule has 2 N–H and O–H groups in total. The maximum atomic E-state index is 5.89. The highest BCUT2D eigenvalue weighted by Gasteiger charge is 2.06. The van der Waals surface area contributed by atoms with Crippen molar-refractivity contribution in [3.63, 3.8) is 0 Å². The molecular formula is C13H13BrN2O. The number of anilines is 1. The van der Waals surface area contributed by atoms with Gasteiger partial charge in [-0.15, -0.1) is 0 Å². The van der Waals surface area contributed by atoms with Crippen molar-refractivity contribution in [2.45, 2.75) is 13.5 Å². The number of halogens is 1. The average molecular weight is 293 g/mol. The molecular weight excluding hydrogens is 280 g/mol. The second-order valence-corrected chi connectivity index (χ2v) is 4.58. The molecule has 2 rings (SSSR count). The van der Waals surface area contributed by atoms with Gasteiger partial charge in [0.1, 0.15) is 6.61 Å². The van der Waals surface area contributed by atoms with E-state index in [9.17, 15) is 0 Å². The number of hydrogen-bond donors (Lipinski definition) is 1. The van der Waals surface area contributed by atoms with E-state index in [1.165, 1.54) is 0 Å². The molecule has 17 heavy (non-hydrogen) atoms. The fourth-order valence-electron chi connectivity index (χ4n) is 1.49. The third kappa shape index (κ3) is 2.77. The number of aromatic nitrogens is 1. The molecule has 1 heterocycles. The van der Waals surface area contributed by atoms with Gasteiger partial charge in [-0.05, 0) is 25.1 Å². The van der Waals surface area contributed by atoms with E-state index in [1.807, 2.05) is 37.3 Å². The summed E-state index contributed by atoms with van der Waals surface area (Å²) >= 11 is 3.46. The summed E-state index contributed by atoms with van der Waals surface area (Å²) in [7, 11) is 0. The van der Waals surface area contributed by atoms with Gasteiger partial charge in [0.25, 0.3) is 0 Å². The lowest BCUT2D eigenvalue weighted by molar-refractivity contribution is 0.291. The SMILES string of the molecule is Cc1cccnc1OCc1c(N)cccc1Br. The van der Waals surface area contributed by atoms with Crippen LogP contribution in [0.5, 0.6) is 5.88 Å². The van der Waals surface area contributed by atoms with Crippen molar-refractivity contribution in [2.24, 2.45) is 0 Å². The molecule has 2 aromatic rings. The van der Waals surface area contributed by atoms with Crippen LogP contribution < -0.4 is 10.5 Å². The molecule has 1 aromatic heterocycles. The summed E-state index contributed by atoms with van der Waals surface area (Å²) in [6.45, 7) is 2.37. The van der Waals surface area contributed by atoms with E-state index < -0.39 is 0 Å². The molecule has 3 nitrogen and oxygen atoms in total. The van der Waals surface area contributed by atoms with Gasteiger partial charge in [0.2, 0.25) is 5.88 Å². The number of hydrogen-bond acceptors (Lipinski definition) is 3. The Morgan fingerprint density at radius 3 is 2.82 bits per heavy atom. The smallest absolute Gasteiger partial charge is 0.216 e. The van der Waals surface area contributed by atoms with Crippen LogP contribution in [0, 0.1) is 6.92 Å². The summed E-state index contributed by atoms with van der Waals surface area (Å²) in [6, 6.07) is 9.55. The number of rotatable bonds is 3. The van der Waals surface area contributed by atoms with Crippen LogP contribution in [0.1, 0.15) is 11.1 Å². The van der Waals surface area contributed by atoms with Crippen LogP contribution in [0.3, 0.4) is 0 Å². The first-order valence-corrected chi connectivity index (χ1v) is 6.05. The Hall–Kier alpha value is -1.55. The summed E-state index contributed by atoms with van der Waals surface area (Å²) in [5.41, 5.74) is 8.56. The number of pyridine rings is 1. The standard InChI is InChI=1S/C13H13BrN2O/c1-9-4-3-7-16-13(9)17-8-10-11(14)5-2-6-12(10)15/h2-7H,8,15H2,1H3. The number of ether oxygens (including phenoxy) is 1. The van der Waals surface area contributed by atoms with Crippen LogP contribution in [0.4, 0.5) is 5.69 Å². The predicted molar refractivity (Wildman–Crippen MR) is 71.9 cm³/mol. The van der Waals surface area contributed by atoms with Crippen LogP contribution >= 0.6 is 15.9 Å². The van der Waals surface area contributed by atoms with Gasteiger partial charge in [-0.2, -0.15) is 0 Å². The van der Waals surface area contributed by atoms with E-state index >= 15 is 0 Å². The molecule has 0 fully saturated rings.